The van der Waals surface area contributed by atoms with Gasteiger partial charge in [-0.3, -0.25) is 19.7 Å². The van der Waals surface area contributed by atoms with E-state index >= 15 is 0 Å². The molecular weight excluding hydrogens is 484 g/mol. The van der Waals surface area contributed by atoms with Gasteiger partial charge in [-0.05, 0) is 37.3 Å². The molecule has 3 aromatic carbocycles. The van der Waals surface area contributed by atoms with E-state index in [1.54, 1.807) is 24.3 Å². The van der Waals surface area contributed by atoms with Crippen LogP contribution in [0.4, 0.5) is 16.5 Å². The standard InChI is InChI=1S/C25H20N4O4S2/c1-16-23(17-6-3-2-4-7-17)28-25(35-16)27-22(30)15-34-21-12-10-19(11-13-21)26-24(31)18-8-5-9-20(14-18)29(32)33/h2-14H,15H2,1H3,(H,26,31)(H,27,28,30). The van der Waals surface area contributed by atoms with Crippen LogP contribution in [0, 0.1) is 17.0 Å². The average molecular weight is 505 g/mol. The molecule has 0 aliphatic rings. The van der Waals surface area contributed by atoms with Gasteiger partial charge in [0.25, 0.3) is 11.6 Å². The largest absolute Gasteiger partial charge is 0.322 e. The van der Waals surface area contributed by atoms with E-state index < -0.39 is 10.8 Å². The minimum atomic E-state index is -0.545. The number of amides is 2. The van der Waals surface area contributed by atoms with E-state index in [1.807, 2.05) is 37.3 Å². The molecule has 1 aromatic heterocycles. The average Bonchev–Trinajstić information content (AvgIpc) is 3.23. The van der Waals surface area contributed by atoms with Crippen LogP contribution in [0.5, 0.6) is 0 Å². The molecule has 2 N–H and O–H groups in total. The minimum Gasteiger partial charge on any atom is -0.322 e. The van der Waals surface area contributed by atoms with Crippen LogP contribution >= 0.6 is 23.1 Å². The number of non-ortho nitro benzene ring substituents is 1. The predicted molar refractivity (Wildman–Crippen MR) is 139 cm³/mol. The molecule has 2 amide bonds. The number of nitrogens with zero attached hydrogens (tertiary/aromatic N) is 2. The van der Waals surface area contributed by atoms with Crippen molar-refractivity contribution in [3.05, 3.63) is 99.4 Å². The molecule has 10 heteroatoms. The van der Waals surface area contributed by atoms with Gasteiger partial charge in [-0.2, -0.15) is 0 Å². The minimum absolute atomic E-state index is 0.146. The molecule has 176 valence electrons. The van der Waals surface area contributed by atoms with Gasteiger partial charge in [0.1, 0.15) is 0 Å². The third-order valence-corrected chi connectivity index (χ3v) is 6.79. The van der Waals surface area contributed by atoms with Gasteiger partial charge in [0, 0.05) is 38.7 Å². The van der Waals surface area contributed by atoms with Crippen LogP contribution in [0.2, 0.25) is 0 Å². The van der Waals surface area contributed by atoms with Crippen LogP contribution in [0.3, 0.4) is 0 Å². The van der Waals surface area contributed by atoms with Gasteiger partial charge < -0.3 is 10.6 Å². The van der Waals surface area contributed by atoms with Crippen molar-refractivity contribution in [3.63, 3.8) is 0 Å². The Morgan fingerprint density at radius 1 is 1.00 bits per heavy atom. The zero-order chi connectivity index (χ0) is 24.8. The van der Waals surface area contributed by atoms with E-state index in [2.05, 4.69) is 15.6 Å². The second kappa shape index (κ2) is 10.9. The highest BCUT2D eigenvalue weighted by Gasteiger charge is 2.13. The van der Waals surface area contributed by atoms with Crippen molar-refractivity contribution in [3.8, 4) is 11.3 Å². The summed E-state index contributed by atoms with van der Waals surface area (Å²) < 4.78 is 0. The lowest BCUT2D eigenvalue weighted by Gasteiger charge is -2.07. The molecule has 0 aliphatic heterocycles. The van der Waals surface area contributed by atoms with Gasteiger partial charge in [-0.1, -0.05) is 36.4 Å². The first-order valence-electron chi connectivity index (χ1n) is 10.5. The second-order valence-electron chi connectivity index (χ2n) is 7.41. The summed E-state index contributed by atoms with van der Waals surface area (Å²) in [6.07, 6.45) is 0. The van der Waals surface area contributed by atoms with Gasteiger partial charge in [0.2, 0.25) is 5.91 Å². The molecule has 0 saturated heterocycles. The monoisotopic (exact) mass is 504 g/mol. The number of hydrogen-bond donors (Lipinski definition) is 2. The van der Waals surface area contributed by atoms with E-state index in [-0.39, 0.29) is 22.9 Å². The number of carbonyl (C=O) groups excluding carboxylic acids is 2. The maximum atomic E-state index is 12.4. The van der Waals surface area contributed by atoms with Crippen molar-refractivity contribution >= 4 is 51.4 Å². The van der Waals surface area contributed by atoms with Gasteiger partial charge in [-0.15, -0.1) is 23.1 Å². The summed E-state index contributed by atoms with van der Waals surface area (Å²) in [6.45, 7) is 1.98. The van der Waals surface area contributed by atoms with Crippen LogP contribution in [0.25, 0.3) is 11.3 Å². The number of aryl methyl sites for hydroxylation is 1. The maximum absolute atomic E-state index is 12.4. The van der Waals surface area contributed by atoms with Crippen molar-refractivity contribution in [2.45, 2.75) is 11.8 Å². The molecule has 0 atom stereocenters. The Hall–Kier alpha value is -4.02. The number of nitrogens with one attached hydrogen (secondary N) is 2. The molecule has 0 fully saturated rings. The zero-order valence-electron chi connectivity index (χ0n) is 18.6. The molecule has 0 bridgehead atoms. The quantitative estimate of drug-likeness (QED) is 0.173. The van der Waals surface area contributed by atoms with Crippen LogP contribution in [-0.2, 0) is 4.79 Å². The summed E-state index contributed by atoms with van der Waals surface area (Å²) in [6, 6.07) is 22.4. The third-order valence-electron chi connectivity index (χ3n) is 4.89. The van der Waals surface area contributed by atoms with E-state index in [0.717, 1.165) is 21.0 Å². The highest BCUT2D eigenvalue weighted by atomic mass is 32.2. The zero-order valence-corrected chi connectivity index (χ0v) is 20.2. The number of nitro benzene ring substituents is 1. The second-order valence-corrected chi connectivity index (χ2v) is 9.66. The number of rotatable bonds is 8. The first-order chi connectivity index (χ1) is 16.9. The summed E-state index contributed by atoms with van der Waals surface area (Å²) in [5.74, 6) is -0.396. The van der Waals surface area contributed by atoms with E-state index in [0.29, 0.717) is 10.8 Å². The van der Waals surface area contributed by atoms with Gasteiger partial charge >= 0.3 is 0 Å². The number of aromatic nitrogens is 1. The maximum Gasteiger partial charge on any atom is 0.270 e. The molecule has 8 nitrogen and oxygen atoms in total. The first kappa shape index (κ1) is 24.1. The number of nitro groups is 1. The summed E-state index contributed by atoms with van der Waals surface area (Å²) in [7, 11) is 0. The van der Waals surface area contributed by atoms with Gasteiger partial charge in [-0.25, -0.2) is 4.98 Å². The Morgan fingerprint density at radius 2 is 1.74 bits per heavy atom. The fourth-order valence-electron chi connectivity index (χ4n) is 3.22. The topological polar surface area (TPSA) is 114 Å². The molecule has 0 spiro atoms. The van der Waals surface area contributed by atoms with Crippen LogP contribution in [0.15, 0.2) is 83.8 Å². The van der Waals surface area contributed by atoms with Crippen molar-refractivity contribution in [1.82, 2.24) is 4.98 Å². The molecule has 0 radical (unpaired) electrons. The lowest BCUT2D eigenvalue weighted by atomic mass is 10.1. The Balaban J connectivity index is 1.30. The fourth-order valence-corrected chi connectivity index (χ4v) is 4.77. The summed E-state index contributed by atoms with van der Waals surface area (Å²) in [5.41, 5.74) is 2.46. The molecule has 1 heterocycles. The lowest BCUT2D eigenvalue weighted by Crippen LogP contribution is -2.13. The van der Waals surface area contributed by atoms with Gasteiger partial charge in [0.05, 0.1) is 16.4 Å². The molecule has 0 saturated carbocycles. The Bertz CT molecular complexity index is 1370. The van der Waals surface area contributed by atoms with Crippen molar-refractivity contribution in [2.75, 3.05) is 16.4 Å². The highest BCUT2D eigenvalue weighted by molar-refractivity contribution is 8.00. The van der Waals surface area contributed by atoms with E-state index in [1.165, 1.54) is 47.4 Å². The molecule has 0 unspecified atom stereocenters. The van der Waals surface area contributed by atoms with E-state index in [9.17, 15) is 19.7 Å². The Labute approximate surface area is 209 Å². The number of thioether (sulfide) groups is 1. The van der Waals surface area contributed by atoms with Crippen molar-refractivity contribution in [1.29, 1.82) is 0 Å². The Morgan fingerprint density at radius 3 is 2.46 bits per heavy atom. The number of thiazole rings is 1. The molecule has 4 aromatic rings. The number of anilines is 2. The number of carbonyl (C=O) groups is 2. The SMILES string of the molecule is Cc1sc(NC(=O)CSc2ccc(NC(=O)c3cccc([N+](=O)[O-])c3)cc2)nc1-c1ccccc1. The fraction of sp³-hybridized carbons (Fsp3) is 0.0800. The lowest BCUT2D eigenvalue weighted by molar-refractivity contribution is -0.384. The van der Waals surface area contributed by atoms with Crippen molar-refractivity contribution < 1.29 is 14.5 Å². The normalized spacial score (nSPS) is 10.5. The number of benzene rings is 3. The van der Waals surface area contributed by atoms with Crippen LogP contribution in [0.1, 0.15) is 15.2 Å². The summed E-state index contributed by atoms with van der Waals surface area (Å²) >= 11 is 2.80. The van der Waals surface area contributed by atoms with Gasteiger partial charge in [0.15, 0.2) is 5.13 Å². The molecular formula is C25H20N4O4S2. The summed E-state index contributed by atoms with van der Waals surface area (Å²) in [5, 5.41) is 17.0. The number of hydrogen-bond acceptors (Lipinski definition) is 7. The van der Waals surface area contributed by atoms with E-state index in [4.69, 9.17) is 0 Å². The molecule has 4 rings (SSSR count). The molecule has 35 heavy (non-hydrogen) atoms. The third kappa shape index (κ3) is 6.31. The van der Waals surface area contributed by atoms with Crippen LogP contribution in [-0.4, -0.2) is 27.5 Å². The highest BCUT2D eigenvalue weighted by Crippen LogP contribution is 2.30. The molecule has 0 aliphatic carbocycles. The van der Waals surface area contributed by atoms with Crippen molar-refractivity contribution in [2.24, 2.45) is 0 Å². The summed E-state index contributed by atoms with van der Waals surface area (Å²) in [4.78, 5) is 41.6. The first-order valence-corrected chi connectivity index (χ1v) is 12.3. The Kier molecular flexibility index (Phi) is 7.54. The van der Waals surface area contributed by atoms with Crippen LogP contribution < -0.4 is 10.6 Å². The predicted octanol–water partition coefficient (Wildman–Crippen LogP) is 6.01. The smallest absolute Gasteiger partial charge is 0.270 e.